The van der Waals surface area contributed by atoms with Crippen LogP contribution in [0.3, 0.4) is 0 Å². The van der Waals surface area contributed by atoms with Crippen LogP contribution in [0.25, 0.3) is 10.6 Å². The molecule has 2 heterocycles. The molecule has 3 rings (SSSR count). The Kier molecular flexibility index (Phi) is 5.13. The normalized spacial score (nSPS) is 12.3. The van der Waals surface area contributed by atoms with Crippen molar-refractivity contribution in [1.29, 1.82) is 0 Å². The lowest BCUT2D eigenvalue weighted by Gasteiger charge is -2.09. The Balaban J connectivity index is 1.73. The van der Waals surface area contributed by atoms with E-state index in [2.05, 4.69) is 9.97 Å². The maximum absolute atomic E-state index is 12.5. The number of thiazole rings is 2. The zero-order chi connectivity index (χ0) is 17.3. The molecule has 0 spiro atoms. The second kappa shape index (κ2) is 7.13. The molecule has 1 aromatic carbocycles. The first-order valence-corrected chi connectivity index (χ1v) is 9.68. The molecule has 0 fully saturated rings. The number of carbonyl (C=O) groups is 1. The van der Waals surface area contributed by atoms with Crippen LogP contribution in [-0.4, -0.2) is 15.8 Å². The number of halogens is 1. The van der Waals surface area contributed by atoms with Crippen LogP contribution < -0.4 is 0 Å². The molecule has 0 aliphatic carbocycles. The Morgan fingerprint density at radius 3 is 2.54 bits per heavy atom. The summed E-state index contributed by atoms with van der Waals surface area (Å²) in [7, 11) is 0. The van der Waals surface area contributed by atoms with Gasteiger partial charge in [0, 0.05) is 16.3 Å². The van der Waals surface area contributed by atoms with Gasteiger partial charge in [-0.1, -0.05) is 30.7 Å². The molecule has 0 N–H and O–H groups in total. The van der Waals surface area contributed by atoms with Crippen molar-refractivity contribution >= 4 is 40.1 Å². The van der Waals surface area contributed by atoms with E-state index in [-0.39, 0.29) is 11.7 Å². The van der Waals surface area contributed by atoms with Gasteiger partial charge in [0.05, 0.1) is 27.7 Å². The lowest BCUT2D eigenvalue weighted by molar-refractivity contribution is -0.119. The average molecular weight is 377 g/mol. The number of Topliss-reactive ketones (excluding diaryl/α,β-unsaturated/α-hetero) is 1. The monoisotopic (exact) mass is 376 g/mol. The third kappa shape index (κ3) is 3.74. The van der Waals surface area contributed by atoms with Crippen molar-refractivity contribution in [2.75, 3.05) is 0 Å². The SMILES string of the molecule is Cc1nc(C)c(-c2csc(CC(=O)C(C)c3ccc(Cl)cc3)n2)s1. The topological polar surface area (TPSA) is 42.9 Å². The van der Waals surface area contributed by atoms with E-state index >= 15 is 0 Å². The molecule has 0 amide bonds. The first kappa shape index (κ1) is 17.3. The number of rotatable bonds is 5. The summed E-state index contributed by atoms with van der Waals surface area (Å²) in [5.74, 6) is -0.00238. The fourth-order valence-electron chi connectivity index (χ4n) is 2.50. The van der Waals surface area contributed by atoms with Crippen molar-refractivity contribution in [3.8, 4) is 10.6 Å². The van der Waals surface area contributed by atoms with E-state index in [4.69, 9.17) is 11.6 Å². The number of aromatic nitrogens is 2. The van der Waals surface area contributed by atoms with Crippen LogP contribution in [0.1, 0.15) is 34.1 Å². The summed E-state index contributed by atoms with van der Waals surface area (Å²) in [4.78, 5) is 22.7. The molecule has 0 aliphatic rings. The summed E-state index contributed by atoms with van der Waals surface area (Å²) < 4.78 is 0. The van der Waals surface area contributed by atoms with E-state index in [9.17, 15) is 4.79 Å². The number of hydrogen-bond donors (Lipinski definition) is 0. The Morgan fingerprint density at radius 2 is 1.92 bits per heavy atom. The molecule has 124 valence electrons. The first-order valence-electron chi connectivity index (χ1n) is 7.61. The second-order valence-corrected chi connectivity index (χ2v) is 8.27. The highest BCUT2D eigenvalue weighted by Gasteiger charge is 2.18. The second-order valence-electron chi connectivity index (χ2n) is 5.69. The van der Waals surface area contributed by atoms with Crippen molar-refractivity contribution in [1.82, 2.24) is 9.97 Å². The molecule has 24 heavy (non-hydrogen) atoms. The molecule has 6 heteroatoms. The van der Waals surface area contributed by atoms with E-state index in [1.807, 2.05) is 50.4 Å². The Bertz CT molecular complexity index is 868. The molecule has 1 atom stereocenters. The predicted molar refractivity (Wildman–Crippen MR) is 101 cm³/mol. The number of nitrogens with zero attached hydrogens (tertiary/aromatic N) is 2. The molecule has 1 unspecified atom stereocenters. The van der Waals surface area contributed by atoms with Crippen LogP contribution in [-0.2, 0) is 11.2 Å². The van der Waals surface area contributed by atoms with Gasteiger partial charge in [-0.25, -0.2) is 9.97 Å². The van der Waals surface area contributed by atoms with Gasteiger partial charge in [0.15, 0.2) is 0 Å². The van der Waals surface area contributed by atoms with Crippen molar-refractivity contribution in [3.05, 3.63) is 55.9 Å². The van der Waals surface area contributed by atoms with Crippen LogP contribution in [0.4, 0.5) is 0 Å². The van der Waals surface area contributed by atoms with Crippen LogP contribution in [0.2, 0.25) is 5.02 Å². The maximum Gasteiger partial charge on any atom is 0.146 e. The largest absolute Gasteiger partial charge is 0.299 e. The summed E-state index contributed by atoms with van der Waals surface area (Å²) in [6.07, 6.45) is 0.352. The number of carbonyl (C=O) groups excluding carboxylic acids is 1. The van der Waals surface area contributed by atoms with Gasteiger partial charge in [0.25, 0.3) is 0 Å². The van der Waals surface area contributed by atoms with Crippen LogP contribution in [0, 0.1) is 13.8 Å². The summed E-state index contributed by atoms with van der Waals surface area (Å²) in [6, 6.07) is 7.44. The highest BCUT2D eigenvalue weighted by Crippen LogP contribution is 2.31. The summed E-state index contributed by atoms with van der Waals surface area (Å²) in [6.45, 7) is 5.91. The van der Waals surface area contributed by atoms with Gasteiger partial charge in [0.2, 0.25) is 0 Å². The van der Waals surface area contributed by atoms with Crippen molar-refractivity contribution in [3.63, 3.8) is 0 Å². The van der Waals surface area contributed by atoms with Gasteiger partial charge >= 0.3 is 0 Å². The minimum Gasteiger partial charge on any atom is -0.299 e. The Labute approximate surface area is 154 Å². The van der Waals surface area contributed by atoms with Crippen molar-refractivity contribution < 1.29 is 4.79 Å². The average Bonchev–Trinajstić information content (AvgIpc) is 3.13. The summed E-state index contributed by atoms with van der Waals surface area (Å²) >= 11 is 9.08. The summed E-state index contributed by atoms with van der Waals surface area (Å²) in [5.41, 5.74) is 2.90. The van der Waals surface area contributed by atoms with E-state index in [0.29, 0.717) is 11.4 Å². The molecule has 0 saturated carbocycles. The minimum atomic E-state index is -0.165. The fourth-order valence-corrected chi connectivity index (χ4v) is 4.38. The molecular formula is C18H17ClN2OS2. The molecule has 0 aliphatic heterocycles. The molecule has 3 aromatic rings. The van der Waals surface area contributed by atoms with Gasteiger partial charge in [-0.2, -0.15) is 0 Å². The van der Waals surface area contributed by atoms with Crippen LogP contribution in [0.15, 0.2) is 29.6 Å². The molecule has 2 aromatic heterocycles. The highest BCUT2D eigenvalue weighted by molar-refractivity contribution is 7.16. The Hall–Kier alpha value is -1.56. The third-order valence-corrected chi connectivity index (χ3v) is 6.06. The standard InChI is InChI=1S/C18H17ClN2OS2/c1-10(13-4-6-14(19)7-5-13)16(22)8-17-21-15(9-23-17)18-11(2)20-12(3)24-18/h4-7,9-10H,8H2,1-3H3. The molecule has 0 bridgehead atoms. The van der Waals surface area contributed by atoms with E-state index < -0.39 is 0 Å². The molecule has 3 nitrogen and oxygen atoms in total. The maximum atomic E-state index is 12.5. The van der Waals surface area contributed by atoms with Crippen molar-refractivity contribution in [2.45, 2.75) is 33.1 Å². The lowest BCUT2D eigenvalue weighted by Crippen LogP contribution is -2.11. The molecular weight excluding hydrogens is 360 g/mol. The van der Waals surface area contributed by atoms with Gasteiger partial charge in [-0.15, -0.1) is 22.7 Å². The Morgan fingerprint density at radius 1 is 1.21 bits per heavy atom. The van der Waals surface area contributed by atoms with Gasteiger partial charge < -0.3 is 0 Å². The molecule has 0 saturated heterocycles. The number of hydrogen-bond acceptors (Lipinski definition) is 5. The van der Waals surface area contributed by atoms with E-state index in [1.54, 1.807) is 11.3 Å². The lowest BCUT2D eigenvalue weighted by atomic mass is 9.95. The van der Waals surface area contributed by atoms with Crippen molar-refractivity contribution in [2.24, 2.45) is 0 Å². The minimum absolute atomic E-state index is 0.162. The quantitative estimate of drug-likeness (QED) is 0.594. The number of aryl methyl sites for hydroxylation is 2. The molecule has 0 radical (unpaired) electrons. The number of ketones is 1. The zero-order valence-corrected chi connectivity index (χ0v) is 16.1. The highest BCUT2D eigenvalue weighted by atomic mass is 35.5. The third-order valence-electron chi connectivity index (χ3n) is 3.87. The summed E-state index contributed by atoms with van der Waals surface area (Å²) in [5, 5.41) is 4.57. The zero-order valence-electron chi connectivity index (χ0n) is 13.7. The van der Waals surface area contributed by atoms with Gasteiger partial charge in [0.1, 0.15) is 10.8 Å². The van der Waals surface area contributed by atoms with Crippen LogP contribution >= 0.6 is 34.3 Å². The van der Waals surface area contributed by atoms with E-state index in [1.165, 1.54) is 11.3 Å². The number of benzene rings is 1. The smallest absolute Gasteiger partial charge is 0.146 e. The van der Waals surface area contributed by atoms with Crippen LogP contribution in [0.5, 0.6) is 0 Å². The van der Waals surface area contributed by atoms with Gasteiger partial charge in [-0.05, 0) is 31.5 Å². The first-order chi connectivity index (χ1) is 11.4. The van der Waals surface area contributed by atoms with E-state index in [0.717, 1.165) is 31.8 Å². The van der Waals surface area contributed by atoms with Gasteiger partial charge in [-0.3, -0.25) is 4.79 Å². The fraction of sp³-hybridized carbons (Fsp3) is 0.278. The predicted octanol–water partition coefficient (Wildman–Crippen LogP) is 5.45.